The zero-order chi connectivity index (χ0) is 27.9. The number of esters is 1. The molecule has 1 fully saturated rings. The second-order valence-electron chi connectivity index (χ2n) is 8.63. The third-order valence-electron chi connectivity index (χ3n) is 6.24. The SMILES string of the molecule is COC(=O)c1ccc(N2CCN(C(=O)c3ccccc3)CC2)c(NC(=S)NC(=O)c2ccc(OC)c(Br)c2)c1. The number of anilines is 2. The quantitative estimate of drug-likeness (QED) is 0.314. The Hall–Kier alpha value is -3.96. The Morgan fingerprint density at radius 2 is 1.56 bits per heavy atom. The second kappa shape index (κ2) is 12.7. The van der Waals surface area contributed by atoms with Crippen molar-refractivity contribution in [2.75, 3.05) is 50.6 Å². The average molecular weight is 612 g/mol. The normalized spacial score (nSPS) is 12.9. The highest BCUT2D eigenvalue weighted by Gasteiger charge is 2.24. The Balaban J connectivity index is 1.48. The number of carbonyl (C=O) groups is 3. The third kappa shape index (κ3) is 6.73. The molecule has 0 atom stereocenters. The van der Waals surface area contributed by atoms with E-state index in [4.69, 9.17) is 21.7 Å². The fourth-order valence-corrected chi connectivity index (χ4v) is 4.95. The van der Waals surface area contributed by atoms with E-state index in [1.165, 1.54) is 7.11 Å². The molecule has 1 heterocycles. The van der Waals surface area contributed by atoms with Gasteiger partial charge < -0.3 is 24.6 Å². The van der Waals surface area contributed by atoms with E-state index in [1.807, 2.05) is 35.2 Å². The zero-order valence-corrected chi connectivity index (χ0v) is 23.8. The van der Waals surface area contributed by atoms with Crippen molar-refractivity contribution in [3.8, 4) is 5.75 Å². The lowest BCUT2D eigenvalue weighted by Gasteiger charge is -2.37. The number of methoxy groups -OCH3 is 2. The van der Waals surface area contributed by atoms with Gasteiger partial charge in [-0.25, -0.2) is 4.79 Å². The Kier molecular flexibility index (Phi) is 9.15. The molecule has 2 amide bonds. The van der Waals surface area contributed by atoms with Crippen LogP contribution in [0.4, 0.5) is 11.4 Å². The van der Waals surface area contributed by atoms with Gasteiger partial charge in [-0.1, -0.05) is 18.2 Å². The maximum atomic E-state index is 12.9. The summed E-state index contributed by atoms with van der Waals surface area (Å²) in [5.41, 5.74) is 2.67. The Morgan fingerprint density at radius 1 is 0.872 bits per heavy atom. The van der Waals surface area contributed by atoms with Crippen molar-refractivity contribution in [3.05, 3.63) is 87.9 Å². The average Bonchev–Trinajstić information content (AvgIpc) is 2.96. The number of hydrogen-bond donors (Lipinski definition) is 2. The van der Waals surface area contributed by atoms with Crippen LogP contribution in [0.2, 0.25) is 0 Å². The minimum atomic E-state index is -0.499. The molecule has 39 heavy (non-hydrogen) atoms. The van der Waals surface area contributed by atoms with Crippen LogP contribution in [0.15, 0.2) is 71.2 Å². The van der Waals surface area contributed by atoms with Crippen molar-refractivity contribution in [1.29, 1.82) is 0 Å². The van der Waals surface area contributed by atoms with Gasteiger partial charge in [0.25, 0.3) is 11.8 Å². The molecule has 3 aromatic carbocycles. The first-order valence-corrected chi connectivity index (χ1v) is 13.3. The molecule has 2 N–H and O–H groups in total. The molecule has 0 spiro atoms. The van der Waals surface area contributed by atoms with Crippen LogP contribution in [0.25, 0.3) is 0 Å². The minimum absolute atomic E-state index is 0.0105. The van der Waals surface area contributed by atoms with Crippen LogP contribution in [0.1, 0.15) is 31.1 Å². The molecule has 11 heteroatoms. The second-order valence-corrected chi connectivity index (χ2v) is 9.89. The predicted molar refractivity (Wildman–Crippen MR) is 157 cm³/mol. The fourth-order valence-electron chi connectivity index (χ4n) is 4.21. The van der Waals surface area contributed by atoms with Gasteiger partial charge in [0.05, 0.1) is 35.6 Å². The molecule has 4 rings (SSSR count). The van der Waals surface area contributed by atoms with Crippen molar-refractivity contribution >= 4 is 62.4 Å². The molecule has 1 saturated heterocycles. The number of carbonyl (C=O) groups excluding carboxylic acids is 3. The smallest absolute Gasteiger partial charge is 0.337 e. The molecule has 202 valence electrons. The van der Waals surface area contributed by atoms with Crippen LogP contribution in [-0.2, 0) is 4.74 Å². The van der Waals surface area contributed by atoms with Crippen molar-refractivity contribution in [1.82, 2.24) is 10.2 Å². The summed E-state index contributed by atoms with van der Waals surface area (Å²) < 4.78 is 10.7. The van der Waals surface area contributed by atoms with Gasteiger partial charge in [0.1, 0.15) is 5.75 Å². The summed E-state index contributed by atoms with van der Waals surface area (Å²) in [4.78, 5) is 41.8. The largest absolute Gasteiger partial charge is 0.496 e. The van der Waals surface area contributed by atoms with Crippen LogP contribution in [0.3, 0.4) is 0 Å². The summed E-state index contributed by atoms with van der Waals surface area (Å²) in [7, 11) is 2.85. The van der Waals surface area contributed by atoms with Crippen LogP contribution in [0.5, 0.6) is 5.75 Å². The topological polar surface area (TPSA) is 100 Å². The molecule has 0 unspecified atom stereocenters. The van der Waals surface area contributed by atoms with Gasteiger partial charge in [0, 0.05) is 37.3 Å². The summed E-state index contributed by atoms with van der Waals surface area (Å²) >= 11 is 8.81. The molecule has 0 aliphatic carbocycles. The number of thiocarbonyl (C=S) groups is 1. The van der Waals surface area contributed by atoms with Gasteiger partial charge in [0.15, 0.2) is 5.11 Å². The van der Waals surface area contributed by atoms with E-state index in [2.05, 4.69) is 31.5 Å². The lowest BCUT2D eigenvalue weighted by molar-refractivity contribution is 0.0600. The number of piperazine rings is 1. The maximum Gasteiger partial charge on any atom is 0.337 e. The summed E-state index contributed by atoms with van der Waals surface area (Å²) in [6, 6.07) is 19.2. The number of rotatable bonds is 6. The predicted octanol–water partition coefficient (Wildman–Crippen LogP) is 4.33. The molecular weight excluding hydrogens is 584 g/mol. The molecule has 1 aliphatic rings. The van der Waals surface area contributed by atoms with Crippen LogP contribution in [-0.4, -0.2) is 68.2 Å². The number of ether oxygens (including phenoxy) is 2. The molecule has 9 nitrogen and oxygen atoms in total. The number of halogens is 1. The summed E-state index contributed by atoms with van der Waals surface area (Å²) in [6.45, 7) is 2.20. The number of amides is 2. The molecule has 1 aliphatic heterocycles. The Bertz CT molecular complexity index is 1390. The molecule has 0 aromatic heterocycles. The first-order valence-electron chi connectivity index (χ1n) is 12.1. The van der Waals surface area contributed by atoms with E-state index in [-0.39, 0.29) is 11.0 Å². The first-order chi connectivity index (χ1) is 18.8. The van der Waals surface area contributed by atoms with Gasteiger partial charge in [0.2, 0.25) is 0 Å². The van der Waals surface area contributed by atoms with Gasteiger partial charge in [-0.05, 0) is 76.7 Å². The van der Waals surface area contributed by atoms with E-state index in [1.54, 1.807) is 43.5 Å². The number of nitrogens with one attached hydrogen (secondary N) is 2. The molecule has 0 saturated carbocycles. The number of benzene rings is 3. The molecular formula is C28H27BrN4O5S. The number of nitrogens with zero attached hydrogens (tertiary/aromatic N) is 2. The van der Waals surface area contributed by atoms with Crippen molar-refractivity contribution in [2.45, 2.75) is 0 Å². The van der Waals surface area contributed by atoms with Gasteiger partial charge >= 0.3 is 5.97 Å². The first kappa shape index (κ1) is 28.1. The van der Waals surface area contributed by atoms with E-state index in [0.29, 0.717) is 58.8 Å². The van der Waals surface area contributed by atoms with Crippen molar-refractivity contribution < 1.29 is 23.9 Å². The highest BCUT2D eigenvalue weighted by atomic mass is 79.9. The number of hydrogen-bond acceptors (Lipinski definition) is 7. The van der Waals surface area contributed by atoms with Gasteiger partial charge in [-0.2, -0.15) is 0 Å². The summed E-state index contributed by atoms with van der Waals surface area (Å²) in [6.07, 6.45) is 0. The molecule has 0 bridgehead atoms. The van der Waals surface area contributed by atoms with Crippen LogP contribution >= 0.6 is 28.1 Å². The van der Waals surface area contributed by atoms with Crippen molar-refractivity contribution in [3.63, 3.8) is 0 Å². The maximum absolute atomic E-state index is 12.9. The lowest BCUT2D eigenvalue weighted by atomic mass is 10.1. The lowest BCUT2D eigenvalue weighted by Crippen LogP contribution is -2.49. The standard InChI is InChI=1S/C28H27BrN4O5S/c1-37-24-11-9-19(16-21(24)29)25(34)31-28(39)30-22-17-20(27(36)38-2)8-10-23(22)32-12-14-33(15-13-32)26(35)18-6-4-3-5-7-18/h3-11,16-17H,12-15H2,1-2H3,(H2,30,31,34,39). The molecule has 3 aromatic rings. The monoisotopic (exact) mass is 610 g/mol. The van der Waals surface area contributed by atoms with E-state index in [0.717, 1.165) is 5.69 Å². The fraction of sp³-hybridized carbons (Fsp3) is 0.214. The van der Waals surface area contributed by atoms with E-state index < -0.39 is 11.9 Å². The van der Waals surface area contributed by atoms with Crippen LogP contribution in [0, 0.1) is 0 Å². The van der Waals surface area contributed by atoms with Gasteiger partial charge in [-0.15, -0.1) is 0 Å². The summed E-state index contributed by atoms with van der Waals surface area (Å²) in [5.74, 6) is -0.318. The van der Waals surface area contributed by atoms with Crippen molar-refractivity contribution in [2.24, 2.45) is 0 Å². The highest BCUT2D eigenvalue weighted by molar-refractivity contribution is 9.10. The third-order valence-corrected chi connectivity index (χ3v) is 7.06. The summed E-state index contributed by atoms with van der Waals surface area (Å²) in [5, 5.41) is 5.80. The highest BCUT2D eigenvalue weighted by Crippen LogP contribution is 2.29. The van der Waals surface area contributed by atoms with Crippen LogP contribution < -0.4 is 20.3 Å². The van der Waals surface area contributed by atoms with E-state index in [9.17, 15) is 14.4 Å². The Labute approximate surface area is 240 Å². The van der Waals surface area contributed by atoms with E-state index >= 15 is 0 Å². The zero-order valence-electron chi connectivity index (χ0n) is 21.4. The Morgan fingerprint density at radius 3 is 2.21 bits per heavy atom. The minimum Gasteiger partial charge on any atom is -0.496 e. The van der Waals surface area contributed by atoms with Gasteiger partial charge in [-0.3, -0.25) is 14.9 Å². The molecule has 0 radical (unpaired) electrons.